The molecule has 0 aliphatic heterocycles. The van der Waals surface area contributed by atoms with Crippen LogP contribution in [0.4, 0.5) is 0 Å². The molecule has 1 aliphatic rings. The molecule has 0 bridgehead atoms. The van der Waals surface area contributed by atoms with Crippen LogP contribution < -0.4 is 0 Å². The van der Waals surface area contributed by atoms with Crippen molar-refractivity contribution >= 4 is 22.7 Å². The normalized spacial score (nSPS) is 15.2. The van der Waals surface area contributed by atoms with Crippen LogP contribution in [0.3, 0.4) is 0 Å². The number of benzene rings is 2. The Kier molecular flexibility index (Phi) is 6.93. The van der Waals surface area contributed by atoms with Gasteiger partial charge in [-0.25, -0.2) is 9.78 Å². The second-order valence-electron chi connectivity index (χ2n) is 7.63. The number of hydrogen-bond acceptors (Lipinski definition) is 4. The molecular weight excluding hydrogens is 382 g/mol. The van der Waals surface area contributed by atoms with Gasteiger partial charge >= 0.3 is 0 Å². The van der Waals surface area contributed by atoms with Gasteiger partial charge in [-0.1, -0.05) is 49.6 Å². The first-order valence-electron chi connectivity index (χ1n) is 10.4. The Balaban J connectivity index is 1.83. The largest absolute Gasteiger partial charge is 0.396 e. The van der Waals surface area contributed by atoms with Gasteiger partial charge in [0.15, 0.2) is 0 Å². The molecule has 0 unspecified atom stereocenters. The van der Waals surface area contributed by atoms with E-state index < -0.39 is 0 Å². The summed E-state index contributed by atoms with van der Waals surface area (Å²) in [7, 11) is 1.54. The summed E-state index contributed by atoms with van der Waals surface area (Å²) in [5, 5.41) is 10.6. The highest BCUT2D eigenvalue weighted by Gasteiger charge is 2.24. The summed E-state index contributed by atoms with van der Waals surface area (Å²) in [6.07, 6.45) is 6.45. The number of nitrogens with one attached hydrogen (secondary N) is 1. The quantitative estimate of drug-likeness (QED) is 0.269. The van der Waals surface area contributed by atoms with Crippen molar-refractivity contribution in [3.63, 3.8) is 0 Å². The average molecular weight is 412 g/mol. The van der Waals surface area contributed by atoms with E-state index in [2.05, 4.69) is 47.4 Å². The van der Waals surface area contributed by atoms with E-state index in [9.17, 15) is 5.11 Å². The molecule has 0 atom stereocenters. The maximum Gasteiger partial charge on any atom is 0.107 e. The van der Waals surface area contributed by atoms with Crippen molar-refractivity contribution < 1.29 is 14.9 Å². The first-order valence-corrected chi connectivity index (χ1v) is 11.4. The molecule has 4 nitrogen and oxygen atoms in total. The summed E-state index contributed by atoms with van der Waals surface area (Å²) in [5.41, 5.74) is 6.16. The molecule has 29 heavy (non-hydrogen) atoms. The van der Waals surface area contributed by atoms with Crippen molar-refractivity contribution in [1.82, 2.24) is 4.98 Å². The average Bonchev–Trinajstić information content (AvgIpc) is 3.15. The molecule has 4 rings (SSSR count). The Labute approximate surface area is 176 Å². The van der Waals surface area contributed by atoms with E-state index >= 15 is 0 Å². The molecule has 0 saturated heterocycles. The van der Waals surface area contributed by atoms with Crippen LogP contribution in [0.25, 0.3) is 22.2 Å². The maximum atomic E-state index is 9.31. The standard InChI is InChI=1S/C24H29NO3S/c1-27-28-16-17-11-12-19-21(15-17)25-24(23(19)18-7-3-2-4-8-18)20-9-5-6-10-22(20)29-14-13-26/h5-6,9-12,15,18,25-26H,2-4,7-8,13-14,16H2,1H3. The van der Waals surface area contributed by atoms with Crippen LogP contribution >= 0.6 is 11.8 Å². The van der Waals surface area contributed by atoms with Crippen LogP contribution in [0.2, 0.25) is 0 Å². The molecule has 1 aliphatic carbocycles. The first-order chi connectivity index (χ1) is 14.3. The number of aliphatic hydroxyl groups excluding tert-OH is 1. The highest BCUT2D eigenvalue weighted by molar-refractivity contribution is 7.99. The minimum Gasteiger partial charge on any atom is -0.396 e. The summed E-state index contributed by atoms with van der Waals surface area (Å²) in [5.74, 6) is 1.29. The van der Waals surface area contributed by atoms with Crippen LogP contribution in [-0.2, 0) is 16.4 Å². The number of aromatic amines is 1. The van der Waals surface area contributed by atoms with Crippen molar-refractivity contribution in [3.8, 4) is 11.3 Å². The molecule has 0 amide bonds. The molecule has 2 aromatic carbocycles. The molecule has 2 N–H and O–H groups in total. The van der Waals surface area contributed by atoms with Crippen LogP contribution in [-0.4, -0.2) is 29.6 Å². The Morgan fingerprint density at radius 3 is 2.72 bits per heavy atom. The predicted octanol–water partition coefficient (Wildman–Crippen LogP) is 6.05. The van der Waals surface area contributed by atoms with Crippen LogP contribution in [0.15, 0.2) is 47.4 Å². The van der Waals surface area contributed by atoms with Crippen molar-refractivity contribution in [2.45, 2.75) is 49.5 Å². The molecular formula is C24H29NO3S. The van der Waals surface area contributed by atoms with Gasteiger partial charge in [0, 0.05) is 27.1 Å². The minimum absolute atomic E-state index is 0.185. The van der Waals surface area contributed by atoms with E-state index in [4.69, 9.17) is 9.78 Å². The maximum absolute atomic E-state index is 9.31. The van der Waals surface area contributed by atoms with Crippen LogP contribution in [0.5, 0.6) is 0 Å². The van der Waals surface area contributed by atoms with E-state index in [-0.39, 0.29) is 6.61 Å². The van der Waals surface area contributed by atoms with E-state index in [0.29, 0.717) is 18.3 Å². The number of aliphatic hydroxyl groups is 1. The van der Waals surface area contributed by atoms with Crippen molar-refractivity contribution in [2.24, 2.45) is 0 Å². The Morgan fingerprint density at radius 1 is 1.10 bits per heavy atom. The lowest BCUT2D eigenvalue weighted by molar-refractivity contribution is -0.282. The molecule has 0 radical (unpaired) electrons. The van der Waals surface area contributed by atoms with Gasteiger partial charge in [-0.05, 0) is 42.0 Å². The molecule has 1 saturated carbocycles. The lowest BCUT2D eigenvalue weighted by Gasteiger charge is -2.23. The van der Waals surface area contributed by atoms with Gasteiger partial charge in [0.05, 0.1) is 19.4 Å². The number of hydrogen-bond donors (Lipinski definition) is 2. The topological polar surface area (TPSA) is 54.5 Å². The van der Waals surface area contributed by atoms with Gasteiger partial charge in [0.25, 0.3) is 0 Å². The van der Waals surface area contributed by atoms with Crippen LogP contribution in [0, 0.1) is 0 Å². The minimum atomic E-state index is 0.185. The van der Waals surface area contributed by atoms with Gasteiger partial charge in [-0.2, -0.15) is 0 Å². The zero-order chi connectivity index (χ0) is 20.1. The summed E-state index contributed by atoms with van der Waals surface area (Å²) in [6.45, 7) is 0.618. The zero-order valence-corrected chi connectivity index (χ0v) is 17.8. The molecule has 5 heteroatoms. The number of thioether (sulfide) groups is 1. The predicted molar refractivity (Wildman–Crippen MR) is 119 cm³/mol. The third-order valence-electron chi connectivity index (χ3n) is 5.77. The second kappa shape index (κ2) is 9.81. The summed E-state index contributed by atoms with van der Waals surface area (Å²) in [6, 6.07) is 15.1. The van der Waals surface area contributed by atoms with Gasteiger partial charge in [0.1, 0.15) is 6.61 Å². The fourth-order valence-corrected chi connectivity index (χ4v) is 5.28. The molecule has 1 fully saturated rings. The Bertz CT molecular complexity index is 946. The number of H-pyrrole nitrogens is 1. The van der Waals surface area contributed by atoms with E-state index in [1.807, 2.05) is 0 Å². The molecule has 0 spiro atoms. The van der Waals surface area contributed by atoms with Gasteiger partial charge in [-0.3, -0.25) is 0 Å². The molecule has 1 heterocycles. The lowest BCUT2D eigenvalue weighted by atomic mass is 9.82. The van der Waals surface area contributed by atoms with Crippen LogP contribution in [0.1, 0.15) is 49.1 Å². The number of aromatic nitrogens is 1. The van der Waals surface area contributed by atoms with E-state index in [1.54, 1.807) is 11.8 Å². The smallest absolute Gasteiger partial charge is 0.107 e. The monoisotopic (exact) mass is 411 g/mol. The SMILES string of the molecule is COOCc1ccc2c(C3CCCCC3)c(-c3ccccc3SCCO)[nH]c2c1. The first kappa shape index (κ1) is 20.5. The Morgan fingerprint density at radius 2 is 1.93 bits per heavy atom. The molecule has 1 aromatic heterocycles. The number of fused-ring (bicyclic) bond motifs is 1. The molecule has 3 aromatic rings. The van der Waals surface area contributed by atoms with Crippen molar-refractivity contribution in [1.29, 1.82) is 0 Å². The fourth-order valence-electron chi connectivity index (χ4n) is 4.47. The van der Waals surface area contributed by atoms with Crippen molar-refractivity contribution in [3.05, 3.63) is 53.6 Å². The van der Waals surface area contributed by atoms with Gasteiger partial charge < -0.3 is 10.1 Å². The summed E-state index contributed by atoms with van der Waals surface area (Å²) >= 11 is 1.71. The second-order valence-corrected chi connectivity index (χ2v) is 8.76. The molecule has 154 valence electrons. The number of rotatable bonds is 8. The van der Waals surface area contributed by atoms with E-state index in [0.717, 1.165) is 11.1 Å². The van der Waals surface area contributed by atoms with Gasteiger partial charge in [-0.15, -0.1) is 11.8 Å². The highest BCUT2D eigenvalue weighted by atomic mass is 32.2. The zero-order valence-electron chi connectivity index (χ0n) is 16.9. The van der Waals surface area contributed by atoms with E-state index in [1.165, 1.54) is 66.3 Å². The fraction of sp³-hybridized carbons (Fsp3) is 0.417. The van der Waals surface area contributed by atoms with Gasteiger partial charge in [0.2, 0.25) is 0 Å². The summed E-state index contributed by atoms with van der Waals surface area (Å²) in [4.78, 5) is 14.9. The highest BCUT2D eigenvalue weighted by Crippen LogP contribution is 2.44. The Hall–Kier alpha value is -1.79. The van der Waals surface area contributed by atoms with Crippen molar-refractivity contribution in [2.75, 3.05) is 19.5 Å². The third-order valence-corrected chi connectivity index (χ3v) is 6.82. The lowest BCUT2D eigenvalue weighted by Crippen LogP contribution is -2.05. The summed E-state index contributed by atoms with van der Waals surface area (Å²) < 4.78 is 0. The third kappa shape index (κ3) is 4.53.